The van der Waals surface area contributed by atoms with Crippen LogP contribution in [0.3, 0.4) is 0 Å². The molecule has 2 rings (SSSR count). The third kappa shape index (κ3) is 12.3. The van der Waals surface area contributed by atoms with Crippen molar-refractivity contribution in [1.29, 1.82) is 0 Å². The fraction of sp³-hybridized carbons (Fsp3) is 0.583. The van der Waals surface area contributed by atoms with Crippen molar-refractivity contribution in [3.63, 3.8) is 0 Å². The van der Waals surface area contributed by atoms with Crippen LogP contribution in [-0.2, 0) is 44.5 Å². The lowest BCUT2D eigenvalue weighted by atomic mass is 10.1. The van der Waals surface area contributed by atoms with Crippen LogP contribution in [-0.4, -0.2) is 39.6 Å². The van der Waals surface area contributed by atoms with E-state index < -0.39 is 0 Å². The normalized spacial score (nSPS) is 11.2. The predicted octanol–water partition coefficient (Wildman–Crippen LogP) is 3.17. The van der Waals surface area contributed by atoms with E-state index in [-0.39, 0.29) is 9.03 Å². The lowest BCUT2D eigenvalue weighted by Gasteiger charge is -2.02. The van der Waals surface area contributed by atoms with E-state index in [0.29, 0.717) is 0 Å². The molecule has 2 aromatic rings. The standard InChI is InChI=1S/C24H40N2O4P/c1-3-27-21-17-25-13-9-23(10-14-25)7-5-19-29-31-30-20-6-8-24-11-15-26(16-12-24)18-22-28-4-2/h9-16H,3-8,17-22,31H2,1-2H3/q+3. The molecule has 0 aliphatic rings. The van der Waals surface area contributed by atoms with Crippen molar-refractivity contribution < 1.29 is 27.7 Å². The zero-order valence-electron chi connectivity index (χ0n) is 19.2. The summed E-state index contributed by atoms with van der Waals surface area (Å²) in [6, 6.07) is 8.72. The maximum atomic E-state index is 5.68. The zero-order chi connectivity index (χ0) is 22.0. The van der Waals surface area contributed by atoms with Gasteiger partial charge in [0.2, 0.25) is 0 Å². The van der Waals surface area contributed by atoms with Crippen LogP contribution in [0.1, 0.15) is 37.8 Å². The molecule has 0 atom stereocenters. The molecule has 0 bridgehead atoms. The van der Waals surface area contributed by atoms with Gasteiger partial charge in [-0.3, -0.25) is 0 Å². The molecule has 0 aromatic carbocycles. The van der Waals surface area contributed by atoms with Gasteiger partial charge in [-0.05, 0) is 50.7 Å². The monoisotopic (exact) mass is 451 g/mol. The van der Waals surface area contributed by atoms with Crippen LogP contribution >= 0.6 is 9.03 Å². The number of aromatic nitrogens is 2. The number of rotatable bonds is 18. The van der Waals surface area contributed by atoms with Crippen molar-refractivity contribution in [2.75, 3.05) is 39.6 Å². The van der Waals surface area contributed by atoms with Gasteiger partial charge in [0.1, 0.15) is 13.2 Å². The summed E-state index contributed by atoms with van der Waals surface area (Å²) in [7, 11) is -0.368. The Bertz CT molecular complexity index is 623. The lowest BCUT2D eigenvalue weighted by Crippen LogP contribution is -2.35. The maximum absolute atomic E-state index is 5.68. The van der Waals surface area contributed by atoms with Gasteiger partial charge in [0.05, 0.1) is 13.2 Å². The molecular weight excluding hydrogens is 411 g/mol. The van der Waals surface area contributed by atoms with Gasteiger partial charge < -0.3 is 9.47 Å². The summed E-state index contributed by atoms with van der Waals surface area (Å²) >= 11 is 0. The minimum absolute atomic E-state index is 0.368. The second kappa shape index (κ2) is 17.2. The van der Waals surface area contributed by atoms with Crippen LogP contribution in [0.5, 0.6) is 0 Å². The Morgan fingerprint density at radius 1 is 0.645 bits per heavy atom. The van der Waals surface area contributed by atoms with E-state index in [2.05, 4.69) is 58.2 Å². The summed E-state index contributed by atoms with van der Waals surface area (Å²) in [5.41, 5.74) is 2.68. The van der Waals surface area contributed by atoms with E-state index in [1.165, 1.54) is 11.1 Å². The smallest absolute Gasteiger partial charge is 0.250 e. The van der Waals surface area contributed by atoms with Gasteiger partial charge in [-0.1, -0.05) is 0 Å². The van der Waals surface area contributed by atoms with Crippen LogP contribution in [0.15, 0.2) is 49.1 Å². The summed E-state index contributed by atoms with van der Waals surface area (Å²) < 4.78 is 26.4. The Morgan fingerprint density at radius 2 is 1.06 bits per heavy atom. The van der Waals surface area contributed by atoms with E-state index in [9.17, 15) is 0 Å². The second-order valence-electron chi connectivity index (χ2n) is 7.33. The Balaban J connectivity index is 1.44. The molecule has 0 saturated heterocycles. The molecular formula is C24H40N2O4P+3. The Hall–Kier alpha value is -1.43. The largest absolute Gasteiger partial charge is 0.375 e. The van der Waals surface area contributed by atoms with Crippen LogP contribution in [0.2, 0.25) is 0 Å². The van der Waals surface area contributed by atoms with Gasteiger partial charge in [-0.2, -0.15) is 0 Å². The van der Waals surface area contributed by atoms with E-state index in [0.717, 1.165) is 78.4 Å². The van der Waals surface area contributed by atoms with E-state index in [1.807, 2.05) is 13.8 Å². The fourth-order valence-electron chi connectivity index (χ4n) is 3.10. The van der Waals surface area contributed by atoms with E-state index >= 15 is 0 Å². The van der Waals surface area contributed by atoms with Crippen molar-refractivity contribution in [2.24, 2.45) is 0 Å². The predicted molar refractivity (Wildman–Crippen MR) is 125 cm³/mol. The highest BCUT2D eigenvalue weighted by Crippen LogP contribution is 2.15. The highest BCUT2D eigenvalue weighted by molar-refractivity contribution is 7.26. The molecule has 0 N–H and O–H groups in total. The second-order valence-corrected chi connectivity index (χ2v) is 8.19. The molecule has 0 aliphatic carbocycles. The van der Waals surface area contributed by atoms with Gasteiger partial charge >= 0.3 is 0 Å². The van der Waals surface area contributed by atoms with Gasteiger partial charge in [-0.15, -0.1) is 0 Å². The van der Waals surface area contributed by atoms with Gasteiger partial charge in [0.15, 0.2) is 37.9 Å². The first kappa shape index (κ1) is 25.8. The highest BCUT2D eigenvalue weighted by Gasteiger charge is 2.04. The van der Waals surface area contributed by atoms with Crippen molar-refractivity contribution in [3.05, 3.63) is 60.2 Å². The number of aryl methyl sites for hydroxylation is 2. The SMILES string of the molecule is CCOCC[n+]1ccc(CCCO[PH2+]OCCCc2cc[n+](CCOCC)cc2)cc1. The van der Waals surface area contributed by atoms with Crippen molar-refractivity contribution in [2.45, 2.75) is 52.6 Å². The molecule has 7 heteroatoms. The van der Waals surface area contributed by atoms with Crippen LogP contribution in [0, 0.1) is 0 Å². The molecule has 172 valence electrons. The first-order valence-electron chi connectivity index (χ1n) is 11.5. The van der Waals surface area contributed by atoms with Crippen LogP contribution in [0.25, 0.3) is 0 Å². The van der Waals surface area contributed by atoms with Crippen LogP contribution < -0.4 is 9.13 Å². The molecule has 0 aliphatic heterocycles. The number of ether oxygens (including phenoxy) is 2. The molecule has 0 amide bonds. The first-order valence-corrected chi connectivity index (χ1v) is 12.4. The minimum Gasteiger partial charge on any atom is -0.375 e. The van der Waals surface area contributed by atoms with Crippen molar-refractivity contribution in [1.82, 2.24) is 0 Å². The van der Waals surface area contributed by atoms with Gasteiger partial charge in [0.25, 0.3) is 9.03 Å². The summed E-state index contributed by atoms with van der Waals surface area (Å²) in [6.45, 7) is 10.4. The van der Waals surface area contributed by atoms with E-state index in [4.69, 9.17) is 18.5 Å². The summed E-state index contributed by atoms with van der Waals surface area (Å²) in [6.07, 6.45) is 12.6. The maximum Gasteiger partial charge on any atom is 0.250 e. The molecule has 0 saturated carbocycles. The highest BCUT2D eigenvalue weighted by atomic mass is 31.1. The Labute approximate surface area is 189 Å². The molecule has 0 radical (unpaired) electrons. The fourth-order valence-corrected chi connectivity index (χ4v) is 3.72. The van der Waals surface area contributed by atoms with E-state index in [1.54, 1.807) is 0 Å². The molecule has 31 heavy (non-hydrogen) atoms. The summed E-state index contributed by atoms with van der Waals surface area (Å²) in [4.78, 5) is 0. The number of nitrogens with zero attached hydrogens (tertiary/aromatic N) is 2. The number of hydrogen-bond donors (Lipinski definition) is 0. The molecule has 0 fully saturated rings. The zero-order valence-corrected chi connectivity index (χ0v) is 20.4. The van der Waals surface area contributed by atoms with Crippen molar-refractivity contribution >= 4 is 9.03 Å². The lowest BCUT2D eigenvalue weighted by molar-refractivity contribution is -0.698. The summed E-state index contributed by atoms with van der Waals surface area (Å²) in [5.74, 6) is 0. The van der Waals surface area contributed by atoms with Crippen LogP contribution in [0.4, 0.5) is 0 Å². The van der Waals surface area contributed by atoms with Crippen molar-refractivity contribution in [3.8, 4) is 0 Å². The van der Waals surface area contributed by atoms with Gasteiger partial charge in [-0.25, -0.2) is 18.2 Å². The Kier molecular flexibility index (Phi) is 14.3. The third-order valence-corrected chi connectivity index (χ3v) is 5.65. The molecule has 2 aromatic heterocycles. The number of hydrogen-bond acceptors (Lipinski definition) is 4. The Morgan fingerprint density at radius 3 is 1.45 bits per heavy atom. The topological polar surface area (TPSA) is 44.7 Å². The average molecular weight is 452 g/mol. The molecule has 0 spiro atoms. The minimum atomic E-state index is -0.368. The molecule has 2 heterocycles. The number of pyridine rings is 2. The first-order chi connectivity index (χ1) is 15.3. The quantitative estimate of drug-likeness (QED) is 0.198. The molecule has 0 unspecified atom stereocenters. The average Bonchev–Trinajstić information content (AvgIpc) is 2.80. The van der Waals surface area contributed by atoms with Gasteiger partial charge in [0, 0.05) is 37.5 Å². The third-order valence-electron chi connectivity index (χ3n) is 4.91. The summed E-state index contributed by atoms with van der Waals surface area (Å²) in [5, 5.41) is 0. The molecule has 6 nitrogen and oxygen atoms in total.